The Morgan fingerprint density at radius 3 is 2.43 bits per heavy atom. The molecule has 1 atom stereocenters. The highest BCUT2D eigenvalue weighted by Gasteiger charge is 2.22. The molecule has 3 aromatic carbocycles. The number of hydrogen-bond donors (Lipinski definition) is 1. The van der Waals surface area contributed by atoms with Crippen LogP contribution < -0.4 is 4.74 Å². The maximum absolute atomic E-state index is 11.6. The molecule has 3 nitrogen and oxygen atoms in total. The first kappa shape index (κ1) is 15.1. The van der Waals surface area contributed by atoms with Crippen molar-refractivity contribution in [3.8, 4) is 5.75 Å². The van der Waals surface area contributed by atoms with Crippen molar-refractivity contribution in [2.24, 2.45) is 0 Å². The van der Waals surface area contributed by atoms with Gasteiger partial charge < -0.3 is 9.84 Å². The van der Waals surface area contributed by atoms with E-state index in [9.17, 15) is 9.90 Å². The molecule has 0 aliphatic heterocycles. The molecular formula is C20H18O3. The molecule has 23 heavy (non-hydrogen) atoms. The molecule has 0 aromatic heterocycles. The number of ether oxygens (including phenoxy) is 1. The fourth-order valence-electron chi connectivity index (χ4n) is 3.14. The lowest BCUT2D eigenvalue weighted by atomic mass is 9.86. The zero-order chi connectivity index (χ0) is 16.4. The van der Waals surface area contributed by atoms with Gasteiger partial charge in [0.25, 0.3) is 0 Å². The number of rotatable bonds is 4. The van der Waals surface area contributed by atoms with Crippen molar-refractivity contribution in [3.63, 3.8) is 0 Å². The molecule has 3 aromatic rings. The van der Waals surface area contributed by atoms with Crippen molar-refractivity contribution in [2.45, 2.75) is 12.8 Å². The summed E-state index contributed by atoms with van der Waals surface area (Å²) in [6, 6.07) is 19.4. The average molecular weight is 306 g/mol. The largest absolute Gasteiger partial charge is 0.496 e. The van der Waals surface area contributed by atoms with Gasteiger partial charge in [0.1, 0.15) is 5.75 Å². The Balaban J connectivity index is 2.24. The van der Waals surface area contributed by atoms with E-state index in [1.165, 1.54) is 0 Å². The fraction of sp³-hybridized carbons (Fsp3) is 0.150. The standard InChI is InChI=1S/C20H18O3/c1-13(15-10-5-8-14-7-3-4-9-16(14)15)19-17(20(21)22)11-6-12-18(19)23-2/h3-13H,1-2H3,(H,21,22). The number of carboxylic acids is 1. The average Bonchev–Trinajstić information content (AvgIpc) is 2.59. The van der Waals surface area contributed by atoms with Gasteiger partial charge in [-0.05, 0) is 28.5 Å². The van der Waals surface area contributed by atoms with E-state index >= 15 is 0 Å². The smallest absolute Gasteiger partial charge is 0.336 e. The van der Waals surface area contributed by atoms with E-state index in [0.717, 1.165) is 16.3 Å². The first-order valence-electron chi connectivity index (χ1n) is 7.51. The number of carboxylic acid groups (broad SMARTS) is 1. The second kappa shape index (κ2) is 6.13. The summed E-state index contributed by atoms with van der Waals surface area (Å²) in [5.41, 5.74) is 2.08. The molecule has 3 rings (SSSR count). The molecule has 3 heteroatoms. The number of methoxy groups -OCH3 is 1. The van der Waals surface area contributed by atoms with Crippen molar-refractivity contribution in [2.75, 3.05) is 7.11 Å². The maximum atomic E-state index is 11.6. The third-order valence-corrected chi connectivity index (χ3v) is 4.24. The zero-order valence-electron chi connectivity index (χ0n) is 13.1. The van der Waals surface area contributed by atoms with Gasteiger partial charge >= 0.3 is 5.97 Å². The third-order valence-electron chi connectivity index (χ3n) is 4.24. The first-order chi connectivity index (χ1) is 11.1. The fourth-order valence-corrected chi connectivity index (χ4v) is 3.14. The summed E-state index contributed by atoms with van der Waals surface area (Å²) >= 11 is 0. The summed E-state index contributed by atoms with van der Waals surface area (Å²) in [6.45, 7) is 2.02. The molecule has 0 radical (unpaired) electrons. The molecule has 0 saturated carbocycles. The Morgan fingerprint density at radius 1 is 1.00 bits per heavy atom. The van der Waals surface area contributed by atoms with Crippen LogP contribution in [0.25, 0.3) is 10.8 Å². The molecule has 0 aliphatic rings. The van der Waals surface area contributed by atoms with Crippen LogP contribution in [0.15, 0.2) is 60.7 Å². The lowest BCUT2D eigenvalue weighted by Gasteiger charge is -2.20. The number of benzene rings is 3. The van der Waals surface area contributed by atoms with Crippen molar-refractivity contribution < 1.29 is 14.6 Å². The quantitative estimate of drug-likeness (QED) is 0.760. The molecule has 0 amide bonds. The summed E-state index contributed by atoms with van der Waals surface area (Å²) in [6.07, 6.45) is 0. The second-order valence-electron chi connectivity index (χ2n) is 5.52. The van der Waals surface area contributed by atoms with E-state index < -0.39 is 5.97 Å². The van der Waals surface area contributed by atoms with Crippen LogP contribution in [0.4, 0.5) is 0 Å². The molecule has 1 N–H and O–H groups in total. The summed E-state index contributed by atoms with van der Waals surface area (Å²) < 4.78 is 5.43. The number of fused-ring (bicyclic) bond motifs is 1. The monoisotopic (exact) mass is 306 g/mol. The van der Waals surface area contributed by atoms with Gasteiger partial charge in [-0.2, -0.15) is 0 Å². The van der Waals surface area contributed by atoms with Crippen LogP contribution in [0.1, 0.15) is 34.3 Å². The van der Waals surface area contributed by atoms with Crippen LogP contribution in [0.2, 0.25) is 0 Å². The van der Waals surface area contributed by atoms with Crippen molar-refractivity contribution in [3.05, 3.63) is 77.4 Å². The first-order valence-corrected chi connectivity index (χ1v) is 7.51. The van der Waals surface area contributed by atoms with Gasteiger partial charge in [0, 0.05) is 11.5 Å². The Hall–Kier alpha value is -2.81. The molecule has 0 bridgehead atoms. The summed E-state index contributed by atoms with van der Waals surface area (Å²) in [7, 11) is 1.57. The predicted octanol–water partition coefficient (Wildman–Crippen LogP) is 4.70. The van der Waals surface area contributed by atoms with Crippen molar-refractivity contribution >= 4 is 16.7 Å². The Morgan fingerprint density at radius 2 is 1.70 bits per heavy atom. The summed E-state index contributed by atoms with van der Waals surface area (Å²) in [5.74, 6) is -0.431. The van der Waals surface area contributed by atoms with Crippen LogP contribution in [-0.4, -0.2) is 18.2 Å². The molecule has 1 unspecified atom stereocenters. The molecular weight excluding hydrogens is 288 g/mol. The van der Waals surface area contributed by atoms with Crippen LogP contribution in [0.5, 0.6) is 5.75 Å². The van der Waals surface area contributed by atoms with Gasteiger partial charge in [-0.3, -0.25) is 0 Å². The van der Waals surface area contributed by atoms with Gasteiger partial charge in [-0.25, -0.2) is 4.79 Å². The molecule has 0 heterocycles. The second-order valence-corrected chi connectivity index (χ2v) is 5.52. The molecule has 0 spiro atoms. The summed E-state index contributed by atoms with van der Waals surface area (Å²) in [5, 5.41) is 11.8. The normalized spacial score (nSPS) is 12.1. The van der Waals surface area contributed by atoms with Gasteiger partial charge in [0.05, 0.1) is 12.7 Å². The predicted molar refractivity (Wildman–Crippen MR) is 91.4 cm³/mol. The van der Waals surface area contributed by atoms with Gasteiger partial charge in [-0.1, -0.05) is 55.5 Å². The molecule has 0 saturated heterocycles. The van der Waals surface area contributed by atoms with Crippen LogP contribution in [-0.2, 0) is 0 Å². The van der Waals surface area contributed by atoms with E-state index in [0.29, 0.717) is 11.3 Å². The SMILES string of the molecule is COc1cccc(C(=O)O)c1C(C)c1cccc2ccccc12. The maximum Gasteiger partial charge on any atom is 0.336 e. The van der Waals surface area contributed by atoms with Gasteiger partial charge in [-0.15, -0.1) is 0 Å². The van der Waals surface area contributed by atoms with E-state index in [2.05, 4.69) is 18.2 Å². The van der Waals surface area contributed by atoms with Crippen LogP contribution in [0, 0.1) is 0 Å². The molecule has 0 aliphatic carbocycles. The minimum atomic E-state index is -0.939. The third kappa shape index (κ3) is 2.66. The Bertz CT molecular complexity index is 862. The highest BCUT2D eigenvalue weighted by atomic mass is 16.5. The minimum Gasteiger partial charge on any atom is -0.496 e. The number of hydrogen-bond acceptors (Lipinski definition) is 2. The Labute approximate surface area is 135 Å². The highest BCUT2D eigenvalue weighted by Crippen LogP contribution is 2.37. The van der Waals surface area contributed by atoms with E-state index in [4.69, 9.17) is 4.74 Å². The van der Waals surface area contributed by atoms with Crippen LogP contribution in [0.3, 0.4) is 0 Å². The lowest BCUT2D eigenvalue weighted by Crippen LogP contribution is -2.09. The van der Waals surface area contributed by atoms with Crippen molar-refractivity contribution in [1.29, 1.82) is 0 Å². The van der Waals surface area contributed by atoms with Gasteiger partial charge in [0.15, 0.2) is 0 Å². The minimum absolute atomic E-state index is 0.0941. The number of aromatic carboxylic acids is 1. The highest BCUT2D eigenvalue weighted by molar-refractivity contribution is 5.92. The van der Waals surface area contributed by atoms with Gasteiger partial charge in [0.2, 0.25) is 0 Å². The topological polar surface area (TPSA) is 46.5 Å². The van der Waals surface area contributed by atoms with E-state index in [-0.39, 0.29) is 11.5 Å². The molecule has 116 valence electrons. The molecule has 0 fully saturated rings. The lowest BCUT2D eigenvalue weighted by molar-refractivity contribution is 0.0695. The zero-order valence-corrected chi connectivity index (χ0v) is 13.1. The Kier molecular flexibility index (Phi) is 4.02. The van der Waals surface area contributed by atoms with E-state index in [1.54, 1.807) is 19.2 Å². The summed E-state index contributed by atoms with van der Waals surface area (Å²) in [4.78, 5) is 11.6. The van der Waals surface area contributed by atoms with E-state index in [1.807, 2.05) is 37.3 Å². The van der Waals surface area contributed by atoms with Crippen molar-refractivity contribution in [1.82, 2.24) is 0 Å². The van der Waals surface area contributed by atoms with Crippen LogP contribution >= 0.6 is 0 Å². The number of carbonyl (C=O) groups is 1.